The summed E-state index contributed by atoms with van der Waals surface area (Å²) in [6.07, 6.45) is 2.59. The lowest BCUT2D eigenvalue weighted by molar-refractivity contribution is -0.143. The summed E-state index contributed by atoms with van der Waals surface area (Å²) in [5.41, 5.74) is 4.59. The number of hydrogen-bond donors (Lipinski definition) is 2. The van der Waals surface area contributed by atoms with Crippen LogP contribution in [0.4, 0.5) is 0 Å². The molecule has 0 aromatic heterocycles. The maximum atomic E-state index is 11.6. The Morgan fingerprint density at radius 2 is 1.81 bits per heavy atom. The second kappa shape index (κ2) is 10.1. The number of halogens is 3. The fraction of sp³-hybridized carbons (Fsp3) is 0.267. The molecule has 26 heavy (non-hydrogen) atoms. The van der Waals surface area contributed by atoms with Crippen molar-refractivity contribution in [2.45, 2.75) is 3.79 Å². The van der Waals surface area contributed by atoms with Gasteiger partial charge in [-0.15, -0.1) is 0 Å². The van der Waals surface area contributed by atoms with E-state index >= 15 is 0 Å². The Labute approximate surface area is 164 Å². The number of esters is 1. The summed E-state index contributed by atoms with van der Waals surface area (Å²) in [5.74, 6) is -1.52. The minimum Gasteiger partial charge on any atom is -0.493 e. The van der Waals surface area contributed by atoms with Crippen LogP contribution in [0.3, 0.4) is 0 Å². The zero-order chi connectivity index (χ0) is 19.7. The molecule has 0 bridgehead atoms. The number of carbonyl (C=O) groups is 3. The largest absolute Gasteiger partial charge is 0.493 e. The molecule has 0 aliphatic carbocycles. The fourth-order valence-corrected chi connectivity index (χ4v) is 1.65. The quantitative estimate of drug-likeness (QED) is 0.312. The SMILES string of the molecule is COC(=O)COc1ccc(/C=C/C(=O)NNC(=O)C(Cl)(Cl)Cl)cc1OC. The standard InChI is InChI=1S/C15H15Cl3N2O6/c1-24-11-7-9(3-5-10(11)26-8-13(22)25-2)4-6-12(21)19-20-14(23)15(16,17)18/h3-7H,8H2,1-2H3,(H,19,21)(H,20,23)/b6-4+. The van der Waals surface area contributed by atoms with Gasteiger partial charge in [0.1, 0.15) is 0 Å². The van der Waals surface area contributed by atoms with Crippen molar-refractivity contribution in [3.8, 4) is 11.5 Å². The Morgan fingerprint density at radius 3 is 2.38 bits per heavy atom. The van der Waals surface area contributed by atoms with Crippen molar-refractivity contribution < 1.29 is 28.6 Å². The van der Waals surface area contributed by atoms with Gasteiger partial charge in [-0.3, -0.25) is 20.4 Å². The van der Waals surface area contributed by atoms with Crippen LogP contribution in [-0.2, 0) is 19.1 Å². The van der Waals surface area contributed by atoms with Gasteiger partial charge >= 0.3 is 5.97 Å². The number of hydrogen-bond acceptors (Lipinski definition) is 6. The average Bonchev–Trinajstić information content (AvgIpc) is 2.61. The van der Waals surface area contributed by atoms with Crippen LogP contribution in [0, 0.1) is 0 Å². The molecule has 2 amide bonds. The van der Waals surface area contributed by atoms with E-state index in [1.807, 2.05) is 5.43 Å². The number of benzene rings is 1. The summed E-state index contributed by atoms with van der Waals surface area (Å²) in [6.45, 7) is -0.270. The summed E-state index contributed by atoms with van der Waals surface area (Å²) in [7, 11) is 2.67. The summed E-state index contributed by atoms with van der Waals surface area (Å²) < 4.78 is 12.7. The Kier molecular flexibility index (Phi) is 8.50. The van der Waals surface area contributed by atoms with Gasteiger partial charge in [0.2, 0.25) is 0 Å². The molecule has 8 nitrogen and oxygen atoms in total. The highest BCUT2D eigenvalue weighted by Gasteiger charge is 2.30. The number of amides is 2. The Bertz CT molecular complexity index is 703. The summed E-state index contributed by atoms with van der Waals surface area (Å²) in [6, 6.07) is 4.76. The fourth-order valence-electron chi connectivity index (χ4n) is 1.51. The number of rotatable bonds is 6. The van der Waals surface area contributed by atoms with Gasteiger partial charge in [-0.1, -0.05) is 40.9 Å². The number of hydrazine groups is 1. The van der Waals surface area contributed by atoms with Gasteiger partial charge in [0, 0.05) is 6.08 Å². The summed E-state index contributed by atoms with van der Waals surface area (Å²) >= 11 is 16.0. The monoisotopic (exact) mass is 424 g/mol. The van der Waals surface area contributed by atoms with E-state index in [4.69, 9.17) is 44.3 Å². The molecule has 0 heterocycles. The predicted molar refractivity (Wildman–Crippen MR) is 96.1 cm³/mol. The zero-order valence-corrected chi connectivity index (χ0v) is 15.9. The molecular formula is C15H15Cl3N2O6. The summed E-state index contributed by atoms with van der Waals surface area (Å²) in [4.78, 5) is 34.0. The minimum absolute atomic E-state index is 0.270. The third-order valence-corrected chi connectivity index (χ3v) is 3.26. The molecule has 0 aliphatic heterocycles. The van der Waals surface area contributed by atoms with Crippen LogP contribution >= 0.6 is 34.8 Å². The van der Waals surface area contributed by atoms with E-state index in [-0.39, 0.29) is 6.61 Å². The number of carbonyl (C=O) groups excluding carboxylic acids is 3. The second-order valence-corrected chi connectivity index (χ2v) is 6.83. The Balaban J connectivity index is 2.69. The molecule has 0 saturated carbocycles. The van der Waals surface area contributed by atoms with E-state index in [1.54, 1.807) is 18.2 Å². The first-order valence-electron chi connectivity index (χ1n) is 6.90. The molecule has 0 atom stereocenters. The predicted octanol–water partition coefficient (Wildman–Crippen LogP) is 1.78. The Morgan fingerprint density at radius 1 is 1.12 bits per heavy atom. The van der Waals surface area contributed by atoms with Crippen molar-refractivity contribution in [2.24, 2.45) is 0 Å². The van der Waals surface area contributed by atoms with Crippen LogP contribution in [0.5, 0.6) is 11.5 Å². The van der Waals surface area contributed by atoms with Gasteiger partial charge in [0.15, 0.2) is 18.1 Å². The van der Waals surface area contributed by atoms with Crippen LogP contribution in [0.1, 0.15) is 5.56 Å². The Hall–Kier alpha value is -2.16. The van der Waals surface area contributed by atoms with Gasteiger partial charge in [-0.2, -0.15) is 0 Å². The lowest BCUT2D eigenvalue weighted by Gasteiger charge is -2.11. The van der Waals surface area contributed by atoms with E-state index < -0.39 is 21.6 Å². The third-order valence-electron chi connectivity index (χ3n) is 2.74. The zero-order valence-electron chi connectivity index (χ0n) is 13.7. The second-order valence-electron chi connectivity index (χ2n) is 4.55. The molecule has 1 rings (SSSR count). The normalized spacial score (nSPS) is 11.0. The topological polar surface area (TPSA) is 103 Å². The van der Waals surface area contributed by atoms with Crippen LogP contribution in [0.25, 0.3) is 6.08 Å². The van der Waals surface area contributed by atoms with E-state index in [0.29, 0.717) is 17.1 Å². The first kappa shape index (κ1) is 21.9. The third kappa shape index (κ3) is 7.38. The molecule has 0 spiro atoms. The van der Waals surface area contributed by atoms with Gasteiger partial charge < -0.3 is 14.2 Å². The first-order valence-corrected chi connectivity index (χ1v) is 8.03. The number of methoxy groups -OCH3 is 2. The van der Waals surface area contributed by atoms with Gasteiger partial charge in [0.05, 0.1) is 14.2 Å². The lowest BCUT2D eigenvalue weighted by Crippen LogP contribution is -2.46. The molecule has 1 aromatic rings. The van der Waals surface area contributed by atoms with Crippen molar-refractivity contribution >= 4 is 58.7 Å². The molecule has 0 radical (unpaired) electrons. The number of alkyl halides is 3. The summed E-state index contributed by atoms with van der Waals surface area (Å²) in [5, 5.41) is 0. The molecule has 0 saturated heterocycles. The molecule has 11 heteroatoms. The van der Waals surface area contributed by atoms with Gasteiger partial charge in [-0.05, 0) is 23.8 Å². The van der Waals surface area contributed by atoms with Crippen LogP contribution in [0.15, 0.2) is 24.3 Å². The van der Waals surface area contributed by atoms with Crippen molar-refractivity contribution in [3.05, 3.63) is 29.8 Å². The van der Waals surface area contributed by atoms with Crippen LogP contribution in [-0.4, -0.2) is 42.4 Å². The molecule has 0 aliphatic rings. The molecular weight excluding hydrogens is 411 g/mol. The number of nitrogens with one attached hydrogen (secondary N) is 2. The molecule has 142 valence electrons. The molecule has 0 unspecified atom stereocenters. The maximum Gasteiger partial charge on any atom is 0.343 e. The van der Waals surface area contributed by atoms with E-state index in [2.05, 4.69) is 10.2 Å². The molecule has 2 N–H and O–H groups in total. The van der Waals surface area contributed by atoms with Crippen molar-refractivity contribution in [3.63, 3.8) is 0 Å². The van der Waals surface area contributed by atoms with Gasteiger partial charge in [0.25, 0.3) is 15.6 Å². The van der Waals surface area contributed by atoms with E-state index in [9.17, 15) is 14.4 Å². The van der Waals surface area contributed by atoms with Crippen molar-refractivity contribution in [1.82, 2.24) is 10.9 Å². The minimum atomic E-state index is -2.19. The highest BCUT2D eigenvalue weighted by atomic mass is 35.6. The smallest absolute Gasteiger partial charge is 0.343 e. The van der Waals surface area contributed by atoms with Crippen LogP contribution in [0.2, 0.25) is 0 Å². The highest BCUT2D eigenvalue weighted by molar-refractivity contribution is 6.76. The lowest BCUT2D eigenvalue weighted by atomic mass is 10.2. The van der Waals surface area contributed by atoms with Crippen molar-refractivity contribution in [2.75, 3.05) is 20.8 Å². The number of ether oxygens (including phenoxy) is 3. The first-order chi connectivity index (χ1) is 12.2. The van der Waals surface area contributed by atoms with E-state index in [1.165, 1.54) is 20.3 Å². The van der Waals surface area contributed by atoms with Gasteiger partial charge in [-0.25, -0.2) is 4.79 Å². The van der Waals surface area contributed by atoms with Crippen LogP contribution < -0.4 is 20.3 Å². The van der Waals surface area contributed by atoms with E-state index in [0.717, 1.165) is 6.08 Å². The molecule has 0 fully saturated rings. The maximum absolute atomic E-state index is 11.6. The molecule has 1 aromatic carbocycles. The van der Waals surface area contributed by atoms with Crippen molar-refractivity contribution in [1.29, 1.82) is 0 Å². The average molecular weight is 426 g/mol. The highest BCUT2D eigenvalue weighted by Crippen LogP contribution is 2.28.